The average molecular weight is 253 g/mol. The zero-order chi connectivity index (χ0) is 12.3. The van der Waals surface area contributed by atoms with Crippen LogP contribution >= 0.6 is 11.3 Å². The molecule has 17 heavy (non-hydrogen) atoms. The first-order valence-corrected chi connectivity index (χ1v) is 6.74. The number of rotatable bonds is 4. The molecule has 0 aromatic carbocycles. The summed E-state index contributed by atoms with van der Waals surface area (Å²) in [5.41, 5.74) is 0. The van der Waals surface area contributed by atoms with Crippen LogP contribution in [0.15, 0.2) is 17.5 Å². The van der Waals surface area contributed by atoms with E-state index in [1.165, 1.54) is 11.3 Å². The molecule has 0 unspecified atom stereocenters. The molecule has 0 spiro atoms. The minimum atomic E-state index is -0.299. The van der Waals surface area contributed by atoms with Gasteiger partial charge in [0.1, 0.15) is 5.78 Å². The van der Waals surface area contributed by atoms with Gasteiger partial charge < -0.3 is 0 Å². The van der Waals surface area contributed by atoms with E-state index in [0.29, 0.717) is 6.42 Å². The molecule has 4 nitrogen and oxygen atoms in total. The van der Waals surface area contributed by atoms with Crippen LogP contribution in [0.25, 0.3) is 0 Å². The normalized spacial score (nSPS) is 22.4. The number of carbonyl (C=O) groups is 1. The number of carbonyl (C=O) groups excluding carboxylic acids is 1. The maximum atomic E-state index is 11.9. The van der Waals surface area contributed by atoms with Crippen molar-refractivity contribution in [3.05, 3.63) is 32.5 Å². The van der Waals surface area contributed by atoms with Crippen LogP contribution in [0.1, 0.15) is 36.5 Å². The second-order valence-electron chi connectivity index (χ2n) is 4.46. The van der Waals surface area contributed by atoms with Gasteiger partial charge in [0.05, 0.1) is 5.92 Å². The molecule has 1 aromatic rings. The smallest absolute Gasteiger partial charge is 0.212 e. The first kappa shape index (κ1) is 12.2. The van der Waals surface area contributed by atoms with Crippen LogP contribution in [0.3, 0.4) is 0 Å². The topological polar surface area (TPSA) is 60.2 Å². The summed E-state index contributed by atoms with van der Waals surface area (Å²) in [6, 6.07) is 3.79. The third-order valence-electron chi connectivity index (χ3n) is 3.34. The molecule has 0 N–H and O–H groups in total. The number of hydrogen-bond acceptors (Lipinski definition) is 4. The van der Waals surface area contributed by atoms with Crippen LogP contribution in [0, 0.1) is 16.0 Å². The van der Waals surface area contributed by atoms with Gasteiger partial charge in [-0.25, -0.2) is 0 Å². The zero-order valence-electron chi connectivity index (χ0n) is 9.50. The lowest BCUT2D eigenvalue weighted by Gasteiger charge is -2.25. The Morgan fingerprint density at radius 2 is 2.35 bits per heavy atom. The zero-order valence-corrected chi connectivity index (χ0v) is 10.3. The Kier molecular flexibility index (Phi) is 3.89. The molecular weight excluding hydrogens is 238 g/mol. The third-order valence-corrected chi connectivity index (χ3v) is 4.35. The van der Waals surface area contributed by atoms with Crippen LogP contribution in [0.5, 0.6) is 0 Å². The Labute approximate surface area is 104 Å². The van der Waals surface area contributed by atoms with Gasteiger partial charge in [0.15, 0.2) is 0 Å². The molecule has 5 heteroatoms. The van der Waals surface area contributed by atoms with E-state index in [1.54, 1.807) is 0 Å². The number of nitro groups is 1. The maximum Gasteiger partial charge on any atom is 0.212 e. The summed E-state index contributed by atoms with van der Waals surface area (Å²) in [6.45, 7) is -0.128. The molecule has 1 heterocycles. The largest absolute Gasteiger partial charge is 0.299 e. The van der Waals surface area contributed by atoms with Crippen LogP contribution in [0.4, 0.5) is 0 Å². The van der Waals surface area contributed by atoms with Crippen molar-refractivity contribution in [1.29, 1.82) is 0 Å². The van der Waals surface area contributed by atoms with Crippen molar-refractivity contribution >= 4 is 17.1 Å². The van der Waals surface area contributed by atoms with Crippen LogP contribution in [-0.4, -0.2) is 17.3 Å². The fourth-order valence-electron chi connectivity index (χ4n) is 2.51. The van der Waals surface area contributed by atoms with Crippen molar-refractivity contribution in [2.24, 2.45) is 5.92 Å². The first-order chi connectivity index (χ1) is 8.18. The number of nitrogens with zero attached hydrogens (tertiary/aromatic N) is 1. The minimum Gasteiger partial charge on any atom is -0.299 e. The molecule has 2 rings (SSSR count). The molecule has 1 saturated carbocycles. The molecule has 92 valence electrons. The van der Waals surface area contributed by atoms with E-state index >= 15 is 0 Å². The van der Waals surface area contributed by atoms with E-state index in [9.17, 15) is 14.9 Å². The van der Waals surface area contributed by atoms with Crippen molar-refractivity contribution < 1.29 is 9.72 Å². The third kappa shape index (κ3) is 2.91. The lowest BCUT2D eigenvalue weighted by molar-refractivity contribution is -0.484. The molecule has 0 aliphatic heterocycles. The summed E-state index contributed by atoms with van der Waals surface area (Å²) < 4.78 is 0. The van der Waals surface area contributed by atoms with Crippen LogP contribution in [-0.2, 0) is 4.79 Å². The highest BCUT2D eigenvalue weighted by atomic mass is 32.1. The second-order valence-corrected chi connectivity index (χ2v) is 5.44. The molecule has 0 amide bonds. The molecule has 1 fully saturated rings. The molecule has 1 aliphatic carbocycles. The summed E-state index contributed by atoms with van der Waals surface area (Å²) in [4.78, 5) is 23.3. The number of ketones is 1. The summed E-state index contributed by atoms with van der Waals surface area (Å²) in [5, 5.41) is 12.7. The molecule has 0 radical (unpaired) electrons. The van der Waals surface area contributed by atoms with Gasteiger partial charge in [-0.05, 0) is 24.3 Å². The Balaban J connectivity index is 2.20. The van der Waals surface area contributed by atoms with E-state index in [2.05, 4.69) is 0 Å². The van der Waals surface area contributed by atoms with Crippen molar-refractivity contribution in [3.8, 4) is 0 Å². The van der Waals surface area contributed by atoms with Gasteiger partial charge in [0, 0.05) is 22.1 Å². The maximum absolute atomic E-state index is 11.9. The number of hydrogen-bond donors (Lipinski definition) is 0. The van der Waals surface area contributed by atoms with E-state index in [-0.39, 0.29) is 29.1 Å². The molecule has 0 saturated heterocycles. The van der Waals surface area contributed by atoms with Crippen LogP contribution < -0.4 is 0 Å². The monoisotopic (exact) mass is 253 g/mol. The highest BCUT2D eigenvalue weighted by Gasteiger charge is 2.34. The number of thiophene rings is 1. The fraction of sp³-hybridized carbons (Fsp3) is 0.583. The van der Waals surface area contributed by atoms with E-state index in [0.717, 1.165) is 24.1 Å². The number of Topliss-reactive ketones (excluding diaryl/α,β-unsaturated/α-hetero) is 1. The van der Waals surface area contributed by atoms with E-state index in [4.69, 9.17) is 0 Å². The summed E-state index contributed by atoms with van der Waals surface area (Å²) in [7, 11) is 0. The predicted molar refractivity (Wildman–Crippen MR) is 65.9 cm³/mol. The molecule has 1 aromatic heterocycles. The summed E-state index contributed by atoms with van der Waals surface area (Å²) in [6.07, 6.45) is 3.33. The van der Waals surface area contributed by atoms with E-state index in [1.807, 2.05) is 17.5 Å². The van der Waals surface area contributed by atoms with Gasteiger partial charge in [-0.1, -0.05) is 12.5 Å². The SMILES string of the molecule is O=C1CCCC[C@@H]1[C@H](C[N+](=O)[O-])c1cccs1. The van der Waals surface area contributed by atoms with Gasteiger partial charge in [-0.3, -0.25) is 14.9 Å². The van der Waals surface area contributed by atoms with Crippen molar-refractivity contribution in [2.45, 2.75) is 31.6 Å². The van der Waals surface area contributed by atoms with Crippen molar-refractivity contribution in [3.63, 3.8) is 0 Å². The first-order valence-electron chi connectivity index (χ1n) is 5.86. The quantitative estimate of drug-likeness (QED) is 0.612. The van der Waals surface area contributed by atoms with Gasteiger partial charge in [0.2, 0.25) is 6.54 Å². The Hall–Kier alpha value is -1.23. The Morgan fingerprint density at radius 3 is 2.94 bits per heavy atom. The Bertz CT molecular complexity index is 402. The standard InChI is InChI=1S/C12H15NO3S/c14-11-5-2-1-4-9(11)10(8-13(15)16)12-6-3-7-17-12/h3,6-7,9-10H,1-2,4-5,8H2/t9-,10+/m1/s1. The highest BCUT2D eigenvalue weighted by molar-refractivity contribution is 7.10. The molecule has 0 bridgehead atoms. The van der Waals surface area contributed by atoms with Gasteiger partial charge in [-0.15, -0.1) is 11.3 Å². The fourth-order valence-corrected chi connectivity index (χ4v) is 3.40. The minimum absolute atomic E-state index is 0.128. The van der Waals surface area contributed by atoms with Crippen molar-refractivity contribution in [2.75, 3.05) is 6.54 Å². The van der Waals surface area contributed by atoms with Gasteiger partial charge >= 0.3 is 0 Å². The van der Waals surface area contributed by atoms with Gasteiger partial charge in [0.25, 0.3) is 0 Å². The molecule has 2 atom stereocenters. The summed E-state index contributed by atoms with van der Waals surface area (Å²) in [5.74, 6) is -0.165. The van der Waals surface area contributed by atoms with Crippen LogP contribution in [0.2, 0.25) is 0 Å². The highest BCUT2D eigenvalue weighted by Crippen LogP contribution is 2.36. The lowest BCUT2D eigenvalue weighted by Crippen LogP contribution is -2.29. The Morgan fingerprint density at radius 1 is 1.53 bits per heavy atom. The average Bonchev–Trinajstić information content (AvgIpc) is 2.80. The predicted octanol–water partition coefficient (Wildman–Crippen LogP) is 2.87. The lowest BCUT2D eigenvalue weighted by atomic mass is 9.78. The summed E-state index contributed by atoms with van der Waals surface area (Å²) >= 11 is 1.51. The molecular formula is C12H15NO3S. The van der Waals surface area contributed by atoms with Crippen molar-refractivity contribution in [1.82, 2.24) is 0 Å². The van der Waals surface area contributed by atoms with E-state index < -0.39 is 0 Å². The molecule has 1 aliphatic rings. The second kappa shape index (κ2) is 5.40. The van der Waals surface area contributed by atoms with Gasteiger partial charge in [-0.2, -0.15) is 0 Å².